The second kappa shape index (κ2) is 5.05. The quantitative estimate of drug-likeness (QED) is 0.831. The van der Waals surface area contributed by atoms with Crippen molar-refractivity contribution in [3.63, 3.8) is 0 Å². The van der Waals surface area contributed by atoms with E-state index in [1.54, 1.807) is 5.56 Å². The lowest BCUT2D eigenvalue weighted by Gasteiger charge is -2.44. The molecule has 0 radical (unpaired) electrons. The standard InChI is InChI=1S/C17H25N/c1-14-8-7-12-17(14,15-9-3-2-4-10-15)16-11-5-6-13-18-16/h2-4,9-10,14,16,18H,5-8,11-13H2,1H3/t14-,16-,17-/m1/s1. The minimum absolute atomic E-state index is 0.404. The topological polar surface area (TPSA) is 12.0 Å². The van der Waals surface area contributed by atoms with E-state index in [1.807, 2.05) is 0 Å². The number of rotatable bonds is 2. The molecule has 3 rings (SSSR count). The van der Waals surface area contributed by atoms with Crippen LogP contribution in [0.1, 0.15) is 51.0 Å². The third-order valence-electron chi connectivity index (χ3n) is 5.35. The van der Waals surface area contributed by atoms with E-state index in [0.717, 1.165) is 5.92 Å². The molecule has 1 heterocycles. The van der Waals surface area contributed by atoms with Crippen molar-refractivity contribution in [2.75, 3.05) is 6.54 Å². The molecule has 0 aromatic heterocycles. The van der Waals surface area contributed by atoms with E-state index in [0.29, 0.717) is 11.5 Å². The van der Waals surface area contributed by atoms with Crippen LogP contribution in [0.15, 0.2) is 30.3 Å². The van der Waals surface area contributed by atoms with Crippen LogP contribution in [-0.4, -0.2) is 12.6 Å². The molecule has 0 amide bonds. The summed E-state index contributed by atoms with van der Waals surface area (Å²) in [6, 6.07) is 12.0. The first-order valence-electron chi connectivity index (χ1n) is 7.63. The first-order chi connectivity index (χ1) is 8.84. The van der Waals surface area contributed by atoms with Gasteiger partial charge >= 0.3 is 0 Å². The largest absolute Gasteiger partial charge is 0.313 e. The molecule has 1 N–H and O–H groups in total. The molecular formula is C17H25N. The predicted molar refractivity (Wildman–Crippen MR) is 76.8 cm³/mol. The van der Waals surface area contributed by atoms with Crippen LogP contribution < -0.4 is 5.32 Å². The number of hydrogen-bond acceptors (Lipinski definition) is 1. The molecule has 0 unspecified atom stereocenters. The average molecular weight is 243 g/mol. The van der Waals surface area contributed by atoms with Crippen LogP contribution in [0.4, 0.5) is 0 Å². The molecule has 18 heavy (non-hydrogen) atoms. The van der Waals surface area contributed by atoms with Gasteiger partial charge in [-0.1, -0.05) is 50.1 Å². The van der Waals surface area contributed by atoms with Crippen LogP contribution in [0.2, 0.25) is 0 Å². The molecule has 1 saturated carbocycles. The first kappa shape index (κ1) is 12.2. The van der Waals surface area contributed by atoms with Crippen LogP contribution in [0.3, 0.4) is 0 Å². The van der Waals surface area contributed by atoms with Gasteiger partial charge in [0, 0.05) is 11.5 Å². The lowest BCUT2D eigenvalue weighted by atomic mass is 9.65. The Bertz CT molecular complexity index is 380. The van der Waals surface area contributed by atoms with Crippen molar-refractivity contribution in [2.24, 2.45) is 5.92 Å². The molecule has 1 saturated heterocycles. The molecule has 3 atom stereocenters. The maximum absolute atomic E-state index is 3.83. The first-order valence-corrected chi connectivity index (χ1v) is 7.63. The summed E-state index contributed by atoms with van der Waals surface area (Å²) in [5.41, 5.74) is 1.98. The molecule has 1 nitrogen and oxygen atoms in total. The molecule has 1 aromatic carbocycles. The van der Waals surface area contributed by atoms with Crippen molar-refractivity contribution in [1.29, 1.82) is 0 Å². The number of hydrogen-bond donors (Lipinski definition) is 1. The van der Waals surface area contributed by atoms with E-state index in [1.165, 1.54) is 45.1 Å². The van der Waals surface area contributed by atoms with E-state index in [-0.39, 0.29) is 0 Å². The highest BCUT2D eigenvalue weighted by Gasteiger charge is 2.47. The summed E-state index contributed by atoms with van der Waals surface area (Å²) in [6.07, 6.45) is 8.28. The van der Waals surface area contributed by atoms with Gasteiger partial charge in [0.25, 0.3) is 0 Å². The van der Waals surface area contributed by atoms with E-state index >= 15 is 0 Å². The highest BCUT2D eigenvalue weighted by atomic mass is 14.9. The highest BCUT2D eigenvalue weighted by molar-refractivity contribution is 5.30. The van der Waals surface area contributed by atoms with Crippen molar-refractivity contribution in [1.82, 2.24) is 5.32 Å². The third-order valence-corrected chi connectivity index (χ3v) is 5.35. The SMILES string of the molecule is C[C@@H]1CCC[C@@]1(c1ccccc1)[C@H]1CCCCN1. The van der Waals surface area contributed by atoms with E-state index < -0.39 is 0 Å². The number of benzene rings is 1. The summed E-state index contributed by atoms with van der Waals surface area (Å²) >= 11 is 0. The maximum atomic E-state index is 3.83. The molecule has 0 spiro atoms. The summed E-state index contributed by atoms with van der Waals surface area (Å²) < 4.78 is 0. The van der Waals surface area contributed by atoms with Crippen LogP contribution >= 0.6 is 0 Å². The Labute approximate surface area is 111 Å². The summed E-state index contributed by atoms with van der Waals surface area (Å²) in [5.74, 6) is 0.815. The van der Waals surface area contributed by atoms with Gasteiger partial charge in [-0.3, -0.25) is 0 Å². The fraction of sp³-hybridized carbons (Fsp3) is 0.647. The van der Waals surface area contributed by atoms with Gasteiger partial charge in [0.2, 0.25) is 0 Å². The van der Waals surface area contributed by atoms with Gasteiger partial charge in [0.1, 0.15) is 0 Å². The Morgan fingerprint density at radius 1 is 1.06 bits per heavy atom. The van der Waals surface area contributed by atoms with Gasteiger partial charge in [-0.05, 0) is 43.7 Å². The van der Waals surface area contributed by atoms with Crippen LogP contribution in [0.25, 0.3) is 0 Å². The Balaban J connectivity index is 1.98. The number of piperidine rings is 1. The Morgan fingerprint density at radius 2 is 1.89 bits per heavy atom. The van der Waals surface area contributed by atoms with Crippen LogP contribution in [-0.2, 0) is 5.41 Å². The monoisotopic (exact) mass is 243 g/mol. The van der Waals surface area contributed by atoms with Gasteiger partial charge in [0.15, 0.2) is 0 Å². The molecule has 0 bridgehead atoms. The van der Waals surface area contributed by atoms with Crippen molar-refractivity contribution in [3.8, 4) is 0 Å². The van der Waals surface area contributed by atoms with Gasteiger partial charge in [-0.25, -0.2) is 0 Å². The summed E-state index contributed by atoms with van der Waals surface area (Å²) in [5, 5.41) is 3.83. The lowest BCUT2D eigenvalue weighted by Crippen LogP contribution is -2.52. The molecule has 1 aliphatic carbocycles. The van der Waals surface area contributed by atoms with Gasteiger partial charge in [0.05, 0.1) is 0 Å². The second-order valence-electron chi connectivity index (χ2n) is 6.20. The van der Waals surface area contributed by atoms with Gasteiger partial charge < -0.3 is 5.32 Å². The third kappa shape index (κ3) is 1.89. The summed E-state index contributed by atoms with van der Waals surface area (Å²) in [6.45, 7) is 3.68. The van der Waals surface area contributed by atoms with Crippen molar-refractivity contribution in [2.45, 2.75) is 56.9 Å². The highest BCUT2D eigenvalue weighted by Crippen LogP contribution is 2.49. The zero-order valence-corrected chi connectivity index (χ0v) is 11.5. The molecule has 1 heteroatoms. The molecule has 1 aliphatic heterocycles. The second-order valence-corrected chi connectivity index (χ2v) is 6.20. The van der Waals surface area contributed by atoms with Crippen molar-refractivity contribution >= 4 is 0 Å². The molecular weight excluding hydrogens is 218 g/mol. The van der Waals surface area contributed by atoms with Crippen molar-refractivity contribution < 1.29 is 0 Å². The minimum atomic E-state index is 0.404. The number of nitrogens with one attached hydrogen (secondary N) is 1. The van der Waals surface area contributed by atoms with Crippen molar-refractivity contribution in [3.05, 3.63) is 35.9 Å². The van der Waals surface area contributed by atoms with E-state index in [9.17, 15) is 0 Å². The zero-order chi connectivity index (χ0) is 12.4. The Hall–Kier alpha value is -0.820. The van der Waals surface area contributed by atoms with E-state index in [4.69, 9.17) is 0 Å². The zero-order valence-electron chi connectivity index (χ0n) is 11.5. The van der Waals surface area contributed by atoms with Crippen LogP contribution in [0.5, 0.6) is 0 Å². The Kier molecular flexibility index (Phi) is 3.43. The normalized spacial score (nSPS) is 36.7. The summed E-state index contributed by atoms with van der Waals surface area (Å²) in [7, 11) is 0. The summed E-state index contributed by atoms with van der Waals surface area (Å²) in [4.78, 5) is 0. The lowest BCUT2D eigenvalue weighted by molar-refractivity contribution is 0.202. The molecule has 2 fully saturated rings. The Morgan fingerprint density at radius 3 is 2.50 bits per heavy atom. The fourth-order valence-electron chi connectivity index (χ4n) is 4.39. The maximum Gasteiger partial charge on any atom is 0.0167 e. The van der Waals surface area contributed by atoms with Crippen LogP contribution in [0, 0.1) is 5.92 Å². The van der Waals surface area contributed by atoms with Gasteiger partial charge in [-0.2, -0.15) is 0 Å². The molecule has 1 aromatic rings. The van der Waals surface area contributed by atoms with Gasteiger partial charge in [-0.15, -0.1) is 0 Å². The minimum Gasteiger partial charge on any atom is -0.313 e. The average Bonchev–Trinajstić information content (AvgIpc) is 2.84. The molecule has 2 aliphatic rings. The smallest absolute Gasteiger partial charge is 0.0167 e. The molecule has 98 valence electrons. The predicted octanol–water partition coefficient (Wildman–Crippen LogP) is 3.89. The fourth-order valence-corrected chi connectivity index (χ4v) is 4.39. The van der Waals surface area contributed by atoms with E-state index in [2.05, 4.69) is 42.6 Å².